The Bertz CT molecular complexity index is 4100. The number of para-hydroxylation sites is 2. The van der Waals surface area contributed by atoms with E-state index in [2.05, 4.69) is 313 Å². The Kier molecular flexibility index (Phi) is 10.8. The van der Waals surface area contributed by atoms with Crippen molar-refractivity contribution in [3.8, 4) is 61.3 Å². The number of rotatable bonds is 10. The first-order chi connectivity index (χ1) is 37.2. The van der Waals surface area contributed by atoms with Crippen LogP contribution in [-0.4, -0.2) is 4.57 Å². The molecule has 1 aromatic heterocycles. The second kappa shape index (κ2) is 18.4. The molecule has 2 heteroatoms. The molecular weight excluding hydrogens is 905 g/mol. The first-order valence-electron chi connectivity index (χ1n) is 25.9. The van der Waals surface area contributed by atoms with Crippen LogP contribution in [0.25, 0.3) is 83.1 Å². The van der Waals surface area contributed by atoms with Gasteiger partial charge < -0.3 is 9.47 Å². The summed E-state index contributed by atoms with van der Waals surface area (Å²) in [7, 11) is 0. The maximum Gasteiger partial charge on any atom is 0.0713 e. The molecule has 2 nitrogen and oxygen atoms in total. The number of anilines is 3. The molecule has 1 heterocycles. The van der Waals surface area contributed by atoms with Gasteiger partial charge in [0.1, 0.15) is 0 Å². The lowest BCUT2D eigenvalue weighted by molar-refractivity contribution is 0.768. The second-order valence-corrected chi connectivity index (χ2v) is 19.6. The highest BCUT2D eigenvalue weighted by molar-refractivity contribution is 6.10. The number of benzene rings is 12. The van der Waals surface area contributed by atoms with Gasteiger partial charge in [-0.25, -0.2) is 0 Å². The minimum absolute atomic E-state index is 0.452. The summed E-state index contributed by atoms with van der Waals surface area (Å²) >= 11 is 0. The third kappa shape index (κ3) is 7.49. The summed E-state index contributed by atoms with van der Waals surface area (Å²) in [6.07, 6.45) is 0. The smallest absolute Gasteiger partial charge is 0.0713 e. The average molecular weight is 955 g/mol. The molecular formula is C73H50N2. The lowest BCUT2D eigenvalue weighted by Crippen LogP contribution is -2.28. The van der Waals surface area contributed by atoms with Crippen molar-refractivity contribution >= 4 is 38.9 Å². The number of hydrogen-bond donors (Lipinski definition) is 0. The number of aromatic nitrogens is 1. The monoisotopic (exact) mass is 954 g/mol. The molecule has 0 atom stereocenters. The zero-order valence-electron chi connectivity index (χ0n) is 41.3. The molecule has 14 rings (SSSR count). The minimum Gasteiger partial charge on any atom is -0.310 e. The first kappa shape index (κ1) is 44.0. The molecule has 0 N–H and O–H groups in total. The van der Waals surface area contributed by atoms with Crippen LogP contribution in [0, 0.1) is 0 Å². The SMILES string of the molecule is c1ccc(-c2cc(-c3ccccc3)cc(-n3c4ccccc4c4ccc(-c5cccc(-c6ccc(N(c7ccccc7)c7ccc8c(c7)-c7ccccc7C8(c7ccccc7)c7ccccc7)cc6)c5)cc43)c2)cc1. The summed E-state index contributed by atoms with van der Waals surface area (Å²) in [5.74, 6) is 0. The fourth-order valence-electron chi connectivity index (χ4n) is 12.0. The van der Waals surface area contributed by atoms with Crippen molar-refractivity contribution in [2.75, 3.05) is 4.90 Å². The Morgan fingerprint density at radius 1 is 0.253 bits per heavy atom. The molecule has 352 valence electrons. The molecule has 13 aromatic rings. The molecule has 1 aliphatic carbocycles. The van der Waals surface area contributed by atoms with E-state index in [9.17, 15) is 0 Å². The lowest BCUT2D eigenvalue weighted by atomic mass is 9.68. The number of hydrogen-bond acceptors (Lipinski definition) is 1. The van der Waals surface area contributed by atoms with Crippen molar-refractivity contribution in [2.45, 2.75) is 5.41 Å². The van der Waals surface area contributed by atoms with Crippen molar-refractivity contribution in [3.05, 3.63) is 326 Å². The van der Waals surface area contributed by atoms with Gasteiger partial charge in [-0.3, -0.25) is 0 Å². The largest absolute Gasteiger partial charge is 0.310 e. The molecule has 0 bridgehead atoms. The van der Waals surface area contributed by atoms with Gasteiger partial charge in [-0.05, 0) is 151 Å². The molecule has 12 aromatic carbocycles. The Hall–Kier alpha value is -9.76. The lowest BCUT2D eigenvalue weighted by Gasteiger charge is -2.34. The standard InChI is InChI=1S/C73H50N2/c1-6-21-51(22-7-1)57-46-58(52-23-8-2-9-24-52)48-64(47-57)75-71-36-19-17-34-66(71)67-43-39-56(49-72(67)75)55-26-20-25-54(45-55)53-37-40-62(41-38-53)74(61-31-14-5-15-32-61)63-42-44-70-68(50-63)65-33-16-18-35-69(65)73(70,59-27-10-3-11-28-59)60-29-12-4-13-30-60/h1-50H. The molecule has 0 unspecified atom stereocenters. The van der Waals surface area contributed by atoms with Gasteiger partial charge >= 0.3 is 0 Å². The quantitative estimate of drug-likeness (QED) is 0.133. The van der Waals surface area contributed by atoms with Crippen LogP contribution in [0.4, 0.5) is 17.1 Å². The second-order valence-electron chi connectivity index (χ2n) is 19.6. The fourth-order valence-corrected chi connectivity index (χ4v) is 12.0. The molecule has 0 radical (unpaired) electrons. The van der Waals surface area contributed by atoms with Crippen molar-refractivity contribution in [3.63, 3.8) is 0 Å². The molecule has 1 aliphatic rings. The van der Waals surface area contributed by atoms with Crippen molar-refractivity contribution < 1.29 is 0 Å². The third-order valence-corrected chi connectivity index (χ3v) is 15.4. The average Bonchev–Trinajstić information content (AvgIpc) is 4.08. The fraction of sp³-hybridized carbons (Fsp3) is 0.0137. The van der Waals surface area contributed by atoms with Crippen molar-refractivity contribution in [1.29, 1.82) is 0 Å². The van der Waals surface area contributed by atoms with Gasteiger partial charge in [0.2, 0.25) is 0 Å². The highest BCUT2D eigenvalue weighted by Crippen LogP contribution is 2.57. The van der Waals surface area contributed by atoms with E-state index in [4.69, 9.17) is 0 Å². The molecule has 0 fully saturated rings. The van der Waals surface area contributed by atoms with Crippen LogP contribution in [0.2, 0.25) is 0 Å². The molecule has 0 saturated carbocycles. The van der Waals surface area contributed by atoms with Gasteiger partial charge in [-0.2, -0.15) is 0 Å². The minimum atomic E-state index is -0.452. The Morgan fingerprint density at radius 3 is 1.37 bits per heavy atom. The molecule has 0 amide bonds. The number of nitrogens with zero attached hydrogens (tertiary/aromatic N) is 2. The zero-order valence-corrected chi connectivity index (χ0v) is 41.3. The summed E-state index contributed by atoms with van der Waals surface area (Å²) in [6.45, 7) is 0. The normalized spacial score (nSPS) is 12.4. The van der Waals surface area contributed by atoms with E-state index in [1.165, 1.54) is 94.1 Å². The van der Waals surface area contributed by atoms with Crippen molar-refractivity contribution in [2.24, 2.45) is 0 Å². The maximum absolute atomic E-state index is 2.46. The summed E-state index contributed by atoms with van der Waals surface area (Å²) in [6, 6.07) is 111. The molecule has 0 saturated heterocycles. The summed E-state index contributed by atoms with van der Waals surface area (Å²) in [5.41, 5.74) is 23.4. The van der Waals surface area contributed by atoms with E-state index >= 15 is 0 Å². The predicted octanol–water partition coefficient (Wildman–Crippen LogP) is 19.3. The molecule has 0 spiro atoms. The Balaban J connectivity index is 0.846. The van der Waals surface area contributed by atoms with E-state index in [1.54, 1.807) is 0 Å². The van der Waals surface area contributed by atoms with E-state index in [-0.39, 0.29) is 0 Å². The van der Waals surface area contributed by atoms with Gasteiger partial charge in [0.05, 0.1) is 16.4 Å². The van der Waals surface area contributed by atoms with Crippen LogP contribution in [0.3, 0.4) is 0 Å². The van der Waals surface area contributed by atoms with Gasteiger partial charge in [0.25, 0.3) is 0 Å². The molecule has 75 heavy (non-hydrogen) atoms. The van der Waals surface area contributed by atoms with Crippen LogP contribution in [0.5, 0.6) is 0 Å². The predicted molar refractivity (Wildman–Crippen MR) is 315 cm³/mol. The Labute approximate surface area is 438 Å². The van der Waals surface area contributed by atoms with E-state index < -0.39 is 5.41 Å². The van der Waals surface area contributed by atoms with E-state index in [1.807, 2.05) is 0 Å². The summed E-state index contributed by atoms with van der Waals surface area (Å²) in [5, 5.41) is 2.47. The molecule has 0 aliphatic heterocycles. The van der Waals surface area contributed by atoms with Crippen LogP contribution in [-0.2, 0) is 5.41 Å². The van der Waals surface area contributed by atoms with E-state index in [0.29, 0.717) is 0 Å². The van der Waals surface area contributed by atoms with Gasteiger partial charge in [0, 0.05) is 33.5 Å². The first-order valence-corrected chi connectivity index (χ1v) is 25.9. The van der Waals surface area contributed by atoms with Gasteiger partial charge in [-0.15, -0.1) is 0 Å². The van der Waals surface area contributed by atoms with Crippen molar-refractivity contribution in [1.82, 2.24) is 4.57 Å². The summed E-state index contributed by atoms with van der Waals surface area (Å²) < 4.78 is 2.46. The summed E-state index contributed by atoms with van der Waals surface area (Å²) in [4.78, 5) is 2.39. The highest BCUT2D eigenvalue weighted by Gasteiger charge is 2.46. The highest BCUT2D eigenvalue weighted by atomic mass is 15.1. The van der Waals surface area contributed by atoms with Gasteiger partial charge in [-0.1, -0.05) is 231 Å². The maximum atomic E-state index is 2.46. The van der Waals surface area contributed by atoms with Crippen LogP contribution < -0.4 is 4.90 Å². The third-order valence-electron chi connectivity index (χ3n) is 15.4. The Morgan fingerprint density at radius 2 is 0.707 bits per heavy atom. The van der Waals surface area contributed by atoms with E-state index in [0.717, 1.165) is 28.3 Å². The van der Waals surface area contributed by atoms with Crippen LogP contribution in [0.1, 0.15) is 22.3 Å². The van der Waals surface area contributed by atoms with Crippen LogP contribution >= 0.6 is 0 Å². The van der Waals surface area contributed by atoms with Crippen LogP contribution in [0.15, 0.2) is 303 Å². The number of fused-ring (bicyclic) bond motifs is 6. The van der Waals surface area contributed by atoms with Gasteiger partial charge in [0.15, 0.2) is 0 Å². The topological polar surface area (TPSA) is 8.17 Å². The zero-order chi connectivity index (χ0) is 49.7.